The standard InChI is InChI=1S/C9H9N3O9S/c1-10(9(13)20-2)21-22(18,19)8-4-3-6(11(14)15)5-7(8)12(16)17/h3-5H,1-2H3. The third-order valence-corrected chi connectivity index (χ3v) is 3.56. The lowest BCUT2D eigenvalue weighted by Crippen LogP contribution is -2.30. The Morgan fingerprint density at radius 1 is 1.23 bits per heavy atom. The summed E-state index contributed by atoms with van der Waals surface area (Å²) in [7, 11) is -2.91. The van der Waals surface area contributed by atoms with Crippen molar-refractivity contribution >= 4 is 27.6 Å². The minimum Gasteiger partial charge on any atom is -0.451 e. The molecule has 12 nitrogen and oxygen atoms in total. The van der Waals surface area contributed by atoms with E-state index in [0.717, 1.165) is 20.2 Å². The fourth-order valence-electron chi connectivity index (χ4n) is 1.32. The molecule has 13 heteroatoms. The Morgan fingerprint density at radius 2 is 1.82 bits per heavy atom. The van der Waals surface area contributed by atoms with Crippen molar-refractivity contribution in [3.8, 4) is 0 Å². The zero-order chi connectivity index (χ0) is 17.1. The van der Waals surface area contributed by atoms with Crippen molar-refractivity contribution in [2.24, 2.45) is 0 Å². The first kappa shape index (κ1) is 17.3. The molecule has 120 valence electrons. The van der Waals surface area contributed by atoms with E-state index in [1.54, 1.807) is 0 Å². The monoisotopic (exact) mass is 335 g/mol. The van der Waals surface area contributed by atoms with E-state index in [1.165, 1.54) is 0 Å². The first-order valence-electron chi connectivity index (χ1n) is 5.29. The van der Waals surface area contributed by atoms with Crippen molar-refractivity contribution in [3.05, 3.63) is 38.4 Å². The van der Waals surface area contributed by atoms with Gasteiger partial charge in [-0.05, 0) is 6.07 Å². The van der Waals surface area contributed by atoms with Crippen LogP contribution in [0.15, 0.2) is 23.1 Å². The average Bonchev–Trinajstić information content (AvgIpc) is 2.44. The number of benzene rings is 1. The number of rotatable bonds is 5. The van der Waals surface area contributed by atoms with Gasteiger partial charge in [0, 0.05) is 13.1 Å². The first-order valence-corrected chi connectivity index (χ1v) is 6.70. The van der Waals surface area contributed by atoms with Crippen LogP contribution in [0.3, 0.4) is 0 Å². The third kappa shape index (κ3) is 3.64. The van der Waals surface area contributed by atoms with Gasteiger partial charge in [-0.25, -0.2) is 4.79 Å². The Hall–Kier alpha value is -2.80. The minimum absolute atomic E-state index is 0.195. The van der Waals surface area contributed by atoms with Crippen LogP contribution in [-0.4, -0.2) is 43.6 Å². The number of carbonyl (C=O) groups is 1. The molecular formula is C9H9N3O9S. The van der Waals surface area contributed by atoms with Crippen LogP contribution in [0.1, 0.15) is 0 Å². The van der Waals surface area contributed by atoms with Gasteiger partial charge >= 0.3 is 16.2 Å². The van der Waals surface area contributed by atoms with Crippen molar-refractivity contribution in [1.29, 1.82) is 0 Å². The molecule has 0 aromatic heterocycles. The molecule has 1 amide bonds. The Bertz CT molecular complexity index is 730. The molecule has 0 radical (unpaired) electrons. The van der Waals surface area contributed by atoms with E-state index in [1.807, 2.05) is 0 Å². The number of hydrogen-bond acceptors (Lipinski definition) is 9. The lowest BCUT2D eigenvalue weighted by atomic mass is 10.3. The average molecular weight is 335 g/mol. The number of hydrogen-bond donors (Lipinski definition) is 0. The van der Waals surface area contributed by atoms with Gasteiger partial charge in [-0.1, -0.05) is 0 Å². The molecule has 1 aromatic rings. The maximum absolute atomic E-state index is 11.9. The summed E-state index contributed by atoms with van der Waals surface area (Å²) in [6.45, 7) is 0. The second kappa shape index (κ2) is 6.31. The van der Waals surface area contributed by atoms with Crippen molar-refractivity contribution in [1.82, 2.24) is 5.06 Å². The summed E-state index contributed by atoms with van der Waals surface area (Å²) in [5.74, 6) is 0. The molecule has 0 aliphatic rings. The SMILES string of the molecule is COC(=O)N(C)OS(=O)(=O)c1ccc([N+](=O)[O-])cc1[N+](=O)[O-]. The Kier molecular flexibility index (Phi) is 4.95. The van der Waals surface area contributed by atoms with Gasteiger partial charge in [0.25, 0.3) is 11.4 Å². The van der Waals surface area contributed by atoms with E-state index in [4.69, 9.17) is 0 Å². The highest BCUT2D eigenvalue weighted by molar-refractivity contribution is 7.86. The molecule has 0 aliphatic heterocycles. The molecule has 0 spiro atoms. The summed E-state index contributed by atoms with van der Waals surface area (Å²) in [4.78, 5) is 29.5. The highest BCUT2D eigenvalue weighted by Crippen LogP contribution is 2.29. The summed E-state index contributed by atoms with van der Waals surface area (Å²) in [6.07, 6.45) is -1.17. The van der Waals surface area contributed by atoms with Crippen LogP contribution in [0.2, 0.25) is 0 Å². The minimum atomic E-state index is -4.77. The molecule has 1 rings (SSSR count). The number of methoxy groups -OCH3 is 1. The van der Waals surface area contributed by atoms with Crippen molar-refractivity contribution in [2.75, 3.05) is 14.2 Å². The summed E-state index contributed by atoms with van der Waals surface area (Å²) in [5.41, 5.74) is -1.74. The fraction of sp³-hybridized carbons (Fsp3) is 0.222. The van der Waals surface area contributed by atoms with Gasteiger partial charge in [-0.15, -0.1) is 4.28 Å². The lowest BCUT2D eigenvalue weighted by molar-refractivity contribution is -0.396. The highest BCUT2D eigenvalue weighted by atomic mass is 32.2. The molecule has 0 saturated carbocycles. The van der Waals surface area contributed by atoms with E-state index in [-0.39, 0.29) is 5.06 Å². The second-order valence-corrected chi connectivity index (χ2v) is 5.16. The van der Waals surface area contributed by atoms with Crippen molar-refractivity contribution < 1.29 is 32.1 Å². The van der Waals surface area contributed by atoms with Crippen LogP contribution in [0.5, 0.6) is 0 Å². The molecule has 0 saturated heterocycles. The van der Waals surface area contributed by atoms with E-state index in [9.17, 15) is 33.4 Å². The number of nitrogens with zero attached hydrogens (tertiary/aromatic N) is 3. The number of non-ortho nitro benzene ring substituents is 1. The fourth-order valence-corrected chi connectivity index (χ4v) is 2.38. The molecule has 0 bridgehead atoms. The molecule has 0 unspecified atom stereocenters. The first-order chi connectivity index (χ1) is 10.1. The molecule has 0 fully saturated rings. The molecule has 1 aromatic carbocycles. The van der Waals surface area contributed by atoms with Crippen LogP contribution in [-0.2, 0) is 19.1 Å². The van der Waals surface area contributed by atoms with Crippen LogP contribution >= 0.6 is 0 Å². The Balaban J connectivity index is 3.33. The quantitative estimate of drug-likeness (QED) is 0.560. The van der Waals surface area contributed by atoms with Crippen LogP contribution in [0.25, 0.3) is 0 Å². The molecule has 22 heavy (non-hydrogen) atoms. The predicted octanol–water partition coefficient (Wildman–Crippen LogP) is 0.822. The van der Waals surface area contributed by atoms with Crippen LogP contribution in [0, 0.1) is 20.2 Å². The van der Waals surface area contributed by atoms with E-state index in [0.29, 0.717) is 12.1 Å². The molecule has 0 atom stereocenters. The van der Waals surface area contributed by atoms with Crippen LogP contribution < -0.4 is 0 Å². The smallest absolute Gasteiger partial charge is 0.434 e. The Morgan fingerprint density at radius 3 is 2.27 bits per heavy atom. The normalized spacial score (nSPS) is 10.8. The zero-order valence-electron chi connectivity index (χ0n) is 11.2. The van der Waals surface area contributed by atoms with Gasteiger partial charge in [-0.2, -0.15) is 13.5 Å². The molecule has 0 aliphatic carbocycles. The van der Waals surface area contributed by atoms with Gasteiger partial charge in [0.05, 0.1) is 23.0 Å². The molecular weight excluding hydrogens is 326 g/mol. The molecule has 0 heterocycles. The maximum atomic E-state index is 11.9. The highest BCUT2D eigenvalue weighted by Gasteiger charge is 2.32. The number of ether oxygens (including phenoxy) is 1. The Labute approximate surface area is 123 Å². The number of amides is 1. The summed E-state index contributed by atoms with van der Waals surface area (Å²) < 4.78 is 32.4. The predicted molar refractivity (Wildman–Crippen MR) is 68.2 cm³/mol. The molecule has 0 N–H and O–H groups in total. The summed E-state index contributed by atoms with van der Waals surface area (Å²) in [6, 6.07) is 1.85. The summed E-state index contributed by atoms with van der Waals surface area (Å²) in [5, 5.41) is 21.6. The van der Waals surface area contributed by atoms with E-state index >= 15 is 0 Å². The largest absolute Gasteiger partial charge is 0.451 e. The van der Waals surface area contributed by atoms with Gasteiger partial charge in [0.1, 0.15) is 0 Å². The summed E-state index contributed by atoms with van der Waals surface area (Å²) >= 11 is 0. The number of nitro groups is 2. The van der Waals surface area contributed by atoms with Gasteiger partial charge in [0.2, 0.25) is 0 Å². The third-order valence-electron chi connectivity index (χ3n) is 2.26. The second-order valence-electron chi connectivity index (χ2n) is 3.66. The lowest BCUT2D eigenvalue weighted by Gasteiger charge is -2.14. The van der Waals surface area contributed by atoms with Crippen molar-refractivity contribution in [3.63, 3.8) is 0 Å². The van der Waals surface area contributed by atoms with E-state index in [2.05, 4.69) is 9.02 Å². The van der Waals surface area contributed by atoms with Gasteiger partial charge in [-0.3, -0.25) is 20.2 Å². The van der Waals surface area contributed by atoms with E-state index < -0.39 is 42.3 Å². The van der Waals surface area contributed by atoms with Gasteiger partial charge < -0.3 is 4.74 Å². The maximum Gasteiger partial charge on any atom is 0.434 e. The number of nitro benzene ring substituents is 2. The van der Waals surface area contributed by atoms with Crippen molar-refractivity contribution in [2.45, 2.75) is 4.90 Å². The topological polar surface area (TPSA) is 159 Å². The number of carbonyl (C=O) groups excluding carboxylic acids is 1. The van der Waals surface area contributed by atoms with Crippen LogP contribution in [0.4, 0.5) is 16.2 Å². The number of hydroxylamine groups is 2. The zero-order valence-corrected chi connectivity index (χ0v) is 12.0. The van der Waals surface area contributed by atoms with Gasteiger partial charge in [0.15, 0.2) is 4.90 Å².